The molecular formula is C14H27N3S. The first-order chi connectivity index (χ1) is 8.62. The molecule has 0 atom stereocenters. The van der Waals surface area contributed by atoms with E-state index in [4.69, 9.17) is 0 Å². The van der Waals surface area contributed by atoms with Crippen LogP contribution in [0.25, 0.3) is 0 Å². The van der Waals surface area contributed by atoms with Gasteiger partial charge in [-0.15, -0.1) is 11.3 Å². The van der Waals surface area contributed by atoms with Crippen LogP contribution in [-0.2, 0) is 6.54 Å². The van der Waals surface area contributed by atoms with Crippen LogP contribution in [0, 0.1) is 5.92 Å². The average Bonchev–Trinajstić information content (AvgIpc) is 2.78. The molecule has 0 amide bonds. The molecule has 0 saturated heterocycles. The summed E-state index contributed by atoms with van der Waals surface area (Å²) in [6.45, 7) is 11.1. The third-order valence-corrected chi connectivity index (χ3v) is 4.12. The third kappa shape index (κ3) is 4.25. The Bertz CT molecular complexity index is 332. The minimum Gasteiger partial charge on any atom is -0.345 e. The van der Waals surface area contributed by atoms with Gasteiger partial charge in [-0.3, -0.25) is 0 Å². The Balaban J connectivity index is 2.85. The van der Waals surface area contributed by atoms with Gasteiger partial charge in [0, 0.05) is 30.2 Å². The number of aromatic nitrogens is 1. The Hall–Kier alpha value is -0.610. The quantitative estimate of drug-likeness (QED) is 0.783. The van der Waals surface area contributed by atoms with Gasteiger partial charge < -0.3 is 10.2 Å². The maximum atomic E-state index is 4.61. The topological polar surface area (TPSA) is 28.2 Å². The molecule has 1 rings (SSSR count). The van der Waals surface area contributed by atoms with Crippen LogP contribution in [0.15, 0.2) is 6.20 Å². The predicted octanol–water partition coefficient (Wildman–Crippen LogP) is 3.51. The zero-order valence-corrected chi connectivity index (χ0v) is 13.2. The van der Waals surface area contributed by atoms with Crippen LogP contribution in [0.4, 0.5) is 5.13 Å². The van der Waals surface area contributed by atoms with Crippen molar-refractivity contribution in [1.82, 2.24) is 10.3 Å². The fraction of sp³-hybridized carbons (Fsp3) is 0.786. The van der Waals surface area contributed by atoms with Gasteiger partial charge in [0.05, 0.1) is 0 Å². The first-order valence-electron chi connectivity index (χ1n) is 6.98. The molecule has 104 valence electrons. The highest BCUT2D eigenvalue weighted by Crippen LogP contribution is 2.27. The largest absolute Gasteiger partial charge is 0.345 e. The smallest absolute Gasteiger partial charge is 0.185 e. The van der Waals surface area contributed by atoms with Crippen molar-refractivity contribution in [1.29, 1.82) is 0 Å². The molecule has 0 fully saturated rings. The highest BCUT2D eigenvalue weighted by atomic mass is 32.1. The summed E-state index contributed by atoms with van der Waals surface area (Å²) in [5.74, 6) is 0.669. The van der Waals surface area contributed by atoms with E-state index in [9.17, 15) is 0 Å². The molecule has 0 aliphatic rings. The molecule has 18 heavy (non-hydrogen) atoms. The number of nitrogens with zero attached hydrogens (tertiary/aromatic N) is 2. The standard InChI is InChI=1S/C14H27N3S/c1-6-12(7-2)17(10-11(3)4)14-16-9-13(18-14)8-15-5/h9,11-12,15H,6-8,10H2,1-5H3. The fourth-order valence-corrected chi connectivity index (χ4v) is 3.19. The SMILES string of the molecule is CCC(CC)N(CC(C)C)c1ncc(CNC)s1. The van der Waals surface area contributed by atoms with Gasteiger partial charge in [0.25, 0.3) is 0 Å². The minimum absolute atomic E-state index is 0.612. The molecular weight excluding hydrogens is 242 g/mol. The molecule has 1 aromatic rings. The summed E-state index contributed by atoms with van der Waals surface area (Å²) >= 11 is 1.82. The molecule has 1 heterocycles. The summed E-state index contributed by atoms with van der Waals surface area (Å²) in [6, 6.07) is 0.612. The van der Waals surface area contributed by atoms with Crippen molar-refractivity contribution in [3.8, 4) is 0 Å². The van der Waals surface area contributed by atoms with Gasteiger partial charge in [0.15, 0.2) is 5.13 Å². The lowest BCUT2D eigenvalue weighted by molar-refractivity contribution is 0.507. The van der Waals surface area contributed by atoms with Gasteiger partial charge in [0.1, 0.15) is 0 Å². The zero-order valence-electron chi connectivity index (χ0n) is 12.4. The molecule has 1 N–H and O–H groups in total. The average molecular weight is 269 g/mol. The Kier molecular flexibility index (Phi) is 6.65. The van der Waals surface area contributed by atoms with E-state index in [-0.39, 0.29) is 0 Å². The highest BCUT2D eigenvalue weighted by molar-refractivity contribution is 7.15. The summed E-state index contributed by atoms with van der Waals surface area (Å²) in [5, 5.41) is 4.37. The van der Waals surface area contributed by atoms with Gasteiger partial charge in [-0.1, -0.05) is 27.7 Å². The lowest BCUT2D eigenvalue weighted by Gasteiger charge is -2.31. The summed E-state index contributed by atoms with van der Waals surface area (Å²) < 4.78 is 0. The first kappa shape index (κ1) is 15.4. The van der Waals surface area contributed by atoms with E-state index in [1.54, 1.807) is 0 Å². The summed E-state index contributed by atoms with van der Waals surface area (Å²) in [7, 11) is 1.98. The Morgan fingerprint density at radius 3 is 2.50 bits per heavy atom. The zero-order chi connectivity index (χ0) is 13.5. The number of hydrogen-bond donors (Lipinski definition) is 1. The van der Waals surface area contributed by atoms with Gasteiger partial charge in [-0.25, -0.2) is 4.98 Å². The molecule has 0 aromatic carbocycles. The van der Waals surface area contributed by atoms with Crippen LogP contribution in [0.3, 0.4) is 0 Å². The van der Waals surface area contributed by atoms with Crippen LogP contribution < -0.4 is 10.2 Å². The Labute approximate surface area is 116 Å². The van der Waals surface area contributed by atoms with E-state index in [2.05, 4.69) is 42.9 Å². The lowest BCUT2D eigenvalue weighted by Crippen LogP contribution is -2.37. The third-order valence-electron chi connectivity index (χ3n) is 3.08. The molecule has 0 saturated carbocycles. The minimum atomic E-state index is 0.612. The first-order valence-corrected chi connectivity index (χ1v) is 7.79. The van der Waals surface area contributed by atoms with Crippen molar-refractivity contribution in [2.24, 2.45) is 5.92 Å². The molecule has 0 bridgehead atoms. The van der Waals surface area contributed by atoms with Crippen LogP contribution >= 0.6 is 11.3 Å². The number of thiazole rings is 1. The maximum Gasteiger partial charge on any atom is 0.185 e. The van der Waals surface area contributed by atoms with Gasteiger partial charge in [-0.2, -0.15) is 0 Å². The van der Waals surface area contributed by atoms with Crippen LogP contribution in [0.2, 0.25) is 0 Å². The molecule has 3 nitrogen and oxygen atoms in total. The van der Waals surface area contributed by atoms with Gasteiger partial charge in [0.2, 0.25) is 0 Å². The normalized spacial score (nSPS) is 11.5. The Morgan fingerprint density at radius 2 is 2.00 bits per heavy atom. The van der Waals surface area contributed by atoms with Crippen molar-refractivity contribution >= 4 is 16.5 Å². The second-order valence-corrected chi connectivity index (χ2v) is 6.25. The highest BCUT2D eigenvalue weighted by Gasteiger charge is 2.19. The van der Waals surface area contributed by atoms with Gasteiger partial charge >= 0.3 is 0 Å². The molecule has 0 spiro atoms. The van der Waals surface area contributed by atoms with E-state index in [0.717, 1.165) is 13.1 Å². The number of hydrogen-bond acceptors (Lipinski definition) is 4. The van der Waals surface area contributed by atoms with Gasteiger partial charge in [-0.05, 0) is 25.8 Å². The van der Waals surface area contributed by atoms with Crippen molar-refractivity contribution in [3.05, 3.63) is 11.1 Å². The summed E-state index contributed by atoms with van der Waals surface area (Å²) in [6.07, 6.45) is 4.38. The fourth-order valence-electron chi connectivity index (χ4n) is 2.19. The van der Waals surface area contributed by atoms with Crippen LogP contribution in [-0.4, -0.2) is 24.6 Å². The molecule has 0 unspecified atom stereocenters. The van der Waals surface area contributed by atoms with E-state index >= 15 is 0 Å². The molecule has 0 aliphatic heterocycles. The van der Waals surface area contributed by atoms with Crippen molar-refractivity contribution < 1.29 is 0 Å². The Morgan fingerprint density at radius 1 is 1.33 bits per heavy atom. The number of anilines is 1. The predicted molar refractivity (Wildman–Crippen MR) is 81.4 cm³/mol. The van der Waals surface area contributed by atoms with E-state index in [1.165, 1.54) is 22.9 Å². The molecule has 0 radical (unpaired) electrons. The van der Waals surface area contributed by atoms with E-state index in [1.807, 2.05) is 24.6 Å². The lowest BCUT2D eigenvalue weighted by atomic mass is 10.1. The summed E-state index contributed by atoms with van der Waals surface area (Å²) in [4.78, 5) is 8.42. The maximum absolute atomic E-state index is 4.61. The van der Waals surface area contributed by atoms with Crippen molar-refractivity contribution in [3.63, 3.8) is 0 Å². The van der Waals surface area contributed by atoms with Crippen molar-refractivity contribution in [2.75, 3.05) is 18.5 Å². The monoisotopic (exact) mass is 269 g/mol. The van der Waals surface area contributed by atoms with Crippen molar-refractivity contribution in [2.45, 2.75) is 53.1 Å². The summed E-state index contributed by atoms with van der Waals surface area (Å²) in [5.41, 5.74) is 0. The second kappa shape index (κ2) is 7.74. The molecule has 4 heteroatoms. The molecule has 0 aliphatic carbocycles. The number of rotatable bonds is 8. The van der Waals surface area contributed by atoms with Crippen LogP contribution in [0.1, 0.15) is 45.4 Å². The van der Waals surface area contributed by atoms with Crippen LogP contribution in [0.5, 0.6) is 0 Å². The van der Waals surface area contributed by atoms with E-state index < -0.39 is 0 Å². The molecule has 1 aromatic heterocycles. The van der Waals surface area contributed by atoms with E-state index in [0.29, 0.717) is 12.0 Å². The number of nitrogens with one attached hydrogen (secondary N) is 1. The second-order valence-electron chi connectivity index (χ2n) is 5.16.